The lowest BCUT2D eigenvalue weighted by atomic mass is 10.1. The first-order valence-corrected chi connectivity index (χ1v) is 8.03. The number of halogens is 1. The fourth-order valence-electron chi connectivity index (χ4n) is 2.70. The topological polar surface area (TPSA) is 85.3 Å². The fourth-order valence-corrected chi connectivity index (χ4v) is 2.96. The second-order valence-corrected chi connectivity index (χ2v) is 6.22. The Morgan fingerprint density at radius 2 is 2.18 bits per heavy atom. The standard InChI is InChI=1S/C15H17BrN4O2/c16-11-5-3-10(4-6-11)8-13-18-15(22-19-13)12-2-1-7-20(12)14(21)9-17/h3-6,12H,1-2,7-9,17H2. The molecule has 7 heteroatoms. The van der Waals surface area contributed by atoms with Gasteiger partial charge in [-0.15, -0.1) is 0 Å². The summed E-state index contributed by atoms with van der Waals surface area (Å²) < 4.78 is 6.40. The van der Waals surface area contributed by atoms with Gasteiger partial charge in [-0.3, -0.25) is 4.79 Å². The molecule has 1 fully saturated rings. The summed E-state index contributed by atoms with van der Waals surface area (Å²) in [6.07, 6.45) is 2.38. The Morgan fingerprint density at radius 3 is 2.91 bits per heavy atom. The third-order valence-electron chi connectivity index (χ3n) is 3.79. The number of carbonyl (C=O) groups excluding carboxylic acids is 1. The fraction of sp³-hybridized carbons (Fsp3) is 0.400. The summed E-state index contributed by atoms with van der Waals surface area (Å²) >= 11 is 3.41. The Morgan fingerprint density at radius 1 is 1.41 bits per heavy atom. The van der Waals surface area contributed by atoms with E-state index in [0.29, 0.717) is 24.7 Å². The van der Waals surface area contributed by atoms with Crippen molar-refractivity contribution in [2.45, 2.75) is 25.3 Å². The number of likely N-dealkylation sites (tertiary alicyclic amines) is 1. The second-order valence-electron chi connectivity index (χ2n) is 5.30. The molecule has 6 nitrogen and oxygen atoms in total. The summed E-state index contributed by atoms with van der Waals surface area (Å²) in [7, 11) is 0. The van der Waals surface area contributed by atoms with Crippen molar-refractivity contribution in [1.82, 2.24) is 15.0 Å². The molecule has 2 N–H and O–H groups in total. The molecule has 0 aliphatic carbocycles. The number of nitrogens with zero attached hydrogens (tertiary/aromatic N) is 3. The van der Waals surface area contributed by atoms with Gasteiger partial charge in [-0.05, 0) is 30.5 Å². The lowest BCUT2D eigenvalue weighted by Crippen LogP contribution is -2.35. The molecule has 0 spiro atoms. The minimum absolute atomic E-state index is 0.0103. The van der Waals surface area contributed by atoms with Crippen molar-refractivity contribution in [2.24, 2.45) is 5.73 Å². The van der Waals surface area contributed by atoms with Crippen molar-refractivity contribution in [3.05, 3.63) is 46.0 Å². The van der Waals surface area contributed by atoms with Crippen LogP contribution in [0.1, 0.15) is 36.2 Å². The van der Waals surface area contributed by atoms with Crippen LogP contribution in [0.15, 0.2) is 33.3 Å². The van der Waals surface area contributed by atoms with Crippen LogP contribution in [-0.4, -0.2) is 34.0 Å². The molecular formula is C15H17BrN4O2. The quantitative estimate of drug-likeness (QED) is 0.896. The van der Waals surface area contributed by atoms with E-state index in [1.165, 1.54) is 0 Å². The van der Waals surface area contributed by atoms with Crippen molar-refractivity contribution >= 4 is 21.8 Å². The van der Waals surface area contributed by atoms with Crippen LogP contribution in [0, 0.1) is 0 Å². The molecule has 3 rings (SSSR count). The lowest BCUT2D eigenvalue weighted by Gasteiger charge is -2.20. The van der Waals surface area contributed by atoms with Crippen LogP contribution in [0.2, 0.25) is 0 Å². The van der Waals surface area contributed by atoms with Crippen LogP contribution in [0.25, 0.3) is 0 Å². The molecule has 1 aromatic carbocycles. The molecule has 22 heavy (non-hydrogen) atoms. The molecule has 1 unspecified atom stereocenters. The van der Waals surface area contributed by atoms with E-state index >= 15 is 0 Å². The third-order valence-corrected chi connectivity index (χ3v) is 4.32. The van der Waals surface area contributed by atoms with E-state index in [1.54, 1.807) is 4.90 Å². The van der Waals surface area contributed by atoms with E-state index in [4.69, 9.17) is 10.3 Å². The number of amides is 1. The lowest BCUT2D eigenvalue weighted by molar-refractivity contribution is -0.131. The maximum absolute atomic E-state index is 11.8. The minimum atomic E-state index is -0.137. The van der Waals surface area contributed by atoms with Crippen LogP contribution in [0.4, 0.5) is 0 Å². The summed E-state index contributed by atoms with van der Waals surface area (Å²) in [6.45, 7) is 0.710. The van der Waals surface area contributed by atoms with Gasteiger partial charge >= 0.3 is 0 Å². The smallest absolute Gasteiger partial charge is 0.249 e. The number of rotatable bonds is 4. The van der Waals surface area contributed by atoms with Crippen molar-refractivity contribution < 1.29 is 9.32 Å². The monoisotopic (exact) mass is 364 g/mol. The Bertz CT molecular complexity index is 656. The van der Waals surface area contributed by atoms with Gasteiger partial charge in [-0.25, -0.2) is 0 Å². The molecule has 0 radical (unpaired) electrons. The first-order chi connectivity index (χ1) is 10.7. The molecule has 1 aromatic heterocycles. The summed E-state index contributed by atoms with van der Waals surface area (Å²) in [4.78, 5) is 18.0. The number of aromatic nitrogens is 2. The minimum Gasteiger partial charge on any atom is -0.337 e. The third kappa shape index (κ3) is 3.20. The maximum atomic E-state index is 11.8. The summed E-state index contributed by atoms with van der Waals surface area (Å²) in [5.74, 6) is 1.06. The molecule has 1 atom stereocenters. The van der Waals surface area contributed by atoms with E-state index in [-0.39, 0.29) is 18.5 Å². The average molecular weight is 365 g/mol. The molecular weight excluding hydrogens is 348 g/mol. The summed E-state index contributed by atoms with van der Waals surface area (Å²) in [5, 5.41) is 4.03. The first kappa shape index (κ1) is 15.2. The number of nitrogens with two attached hydrogens (primary N) is 1. The van der Waals surface area contributed by atoms with Crippen LogP contribution in [0.5, 0.6) is 0 Å². The molecule has 1 aliphatic rings. The number of hydrogen-bond donors (Lipinski definition) is 1. The Balaban J connectivity index is 1.73. The highest BCUT2D eigenvalue weighted by Crippen LogP contribution is 2.30. The maximum Gasteiger partial charge on any atom is 0.249 e. The number of benzene rings is 1. The van der Waals surface area contributed by atoms with Crippen molar-refractivity contribution in [1.29, 1.82) is 0 Å². The van der Waals surface area contributed by atoms with Gasteiger partial charge in [0.2, 0.25) is 11.8 Å². The number of carbonyl (C=O) groups is 1. The van der Waals surface area contributed by atoms with Crippen molar-refractivity contribution in [2.75, 3.05) is 13.1 Å². The molecule has 2 heterocycles. The van der Waals surface area contributed by atoms with Crippen LogP contribution >= 0.6 is 15.9 Å². The first-order valence-electron chi connectivity index (χ1n) is 7.24. The summed E-state index contributed by atoms with van der Waals surface area (Å²) in [6, 6.07) is 7.85. The van der Waals surface area contributed by atoms with Gasteiger partial charge in [0.15, 0.2) is 5.82 Å². The Kier molecular flexibility index (Phi) is 4.54. The number of hydrogen-bond acceptors (Lipinski definition) is 5. The predicted octanol–water partition coefficient (Wildman–Crippen LogP) is 2.05. The molecule has 0 bridgehead atoms. The van der Waals surface area contributed by atoms with Gasteiger partial charge in [0, 0.05) is 17.4 Å². The van der Waals surface area contributed by atoms with Crippen molar-refractivity contribution in [3.63, 3.8) is 0 Å². The van der Waals surface area contributed by atoms with Gasteiger partial charge < -0.3 is 15.2 Å². The van der Waals surface area contributed by atoms with E-state index in [9.17, 15) is 4.79 Å². The largest absolute Gasteiger partial charge is 0.337 e. The molecule has 0 saturated carbocycles. The van der Waals surface area contributed by atoms with Gasteiger partial charge in [0.25, 0.3) is 0 Å². The Hall–Kier alpha value is -1.73. The van der Waals surface area contributed by atoms with E-state index in [2.05, 4.69) is 26.1 Å². The Labute approximate surface area is 136 Å². The van der Waals surface area contributed by atoms with Crippen LogP contribution in [-0.2, 0) is 11.2 Å². The zero-order valence-electron chi connectivity index (χ0n) is 12.0. The van der Waals surface area contributed by atoms with E-state index < -0.39 is 0 Å². The molecule has 116 valence electrons. The highest BCUT2D eigenvalue weighted by Gasteiger charge is 2.33. The van der Waals surface area contributed by atoms with Gasteiger partial charge in [-0.2, -0.15) is 4.98 Å². The second kappa shape index (κ2) is 6.58. The SMILES string of the molecule is NCC(=O)N1CCCC1c1nc(Cc2ccc(Br)cc2)no1. The highest BCUT2D eigenvalue weighted by atomic mass is 79.9. The zero-order chi connectivity index (χ0) is 15.5. The van der Waals surface area contributed by atoms with Crippen LogP contribution in [0.3, 0.4) is 0 Å². The molecule has 2 aromatic rings. The van der Waals surface area contributed by atoms with Crippen molar-refractivity contribution in [3.8, 4) is 0 Å². The van der Waals surface area contributed by atoms with E-state index in [0.717, 1.165) is 22.9 Å². The van der Waals surface area contributed by atoms with Crippen LogP contribution < -0.4 is 5.73 Å². The van der Waals surface area contributed by atoms with Gasteiger partial charge in [0.1, 0.15) is 6.04 Å². The summed E-state index contributed by atoms with van der Waals surface area (Å²) in [5.41, 5.74) is 6.56. The molecule has 1 saturated heterocycles. The van der Waals surface area contributed by atoms with Gasteiger partial charge in [0.05, 0.1) is 6.54 Å². The highest BCUT2D eigenvalue weighted by molar-refractivity contribution is 9.10. The molecule has 1 aliphatic heterocycles. The normalized spacial score (nSPS) is 17.9. The van der Waals surface area contributed by atoms with Gasteiger partial charge in [-0.1, -0.05) is 33.2 Å². The molecule has 1 amide bonds. The average Bonchev–Trinajstić information content (AvgIpc) is 3.17. The van der Waals surface area contributed by atoms with E-state index in [1.807, 2.05) is 24.3 Å². The zero-order valence-corrected chi connectivity index (χ0v) is 13.6. The predicted molar refractivity (Wildman–Crippen MR) is 84.0 cm³/mol.